The number of carbonyl (C=O) groups excluding carboxylic acids is 1. The third-order valence-electron chi connectivity index (χ3n) is 3.08. The van der Waals surface area contributed by atoms with Gasteiger partial charge in [-0.05, 0) is 49.4 Å². The minimum Gasteiger partial charge on any atom is -0.494 e. The summed E-state index contributed by atoms with van der Waals surface area (Å²) in [5, 5.41) is 0. The maximum atomic E-state index is 10.9. The Balaban J connectivity index is 2.06. The predicted molar refractivity (Wildman–Crippen MR) is 86.3 cm³/mol. The molecule has 5 heteroatoms. The van der Waals surface area contributed by atoms with Crippen LogP contribution >= 0.6 is 0 Å². The van der Waals surface area contributed by atoms with Gasteiger partial charge in [-0.2, -0.15) is 0 Å². The highest BCUT2D eigenvalue weighted by Crippen LogP contribution is 2.23. The number of rotatable bonds is 9. The van der Waals surface area contributed by atoms with Crippen molar-refractivity contribution in [3.8, 4) is 17.2 Å². The molecule has 0 radical (unpaired) electrons. The van der Waals surface area contributed by atoms with Crippen LogP contribution < -0.4 is 14.2 Å². The first kappa shape index (κ1) is 16.8. The molecule has 2 aromatic carbocycles. The Kier molecular flexibility index (Phi) is 6.44. The van der Waals surface area contributed by atoms with Crippen molar-refractivity contribution < 1.29 is 23.7 Å². The number of benzene rings is 2. The summed E-state index contributed by atoms with van der Waals surface area (Å²) in [6.07, 6.45) is 0.792. The van der Waals surface area contributed by atoms with Gasteiger partial charge in [-0.15, -0.1) is 0 Å². The van der Waals surface area contributed by atoms with Gasteiger partial charge in [0.05, 0.1) is 6.61 Å². The Morgan fingerprint density at radius 3 is 2.26 bits per heavy atom. The SMILES string of the molecule is CCOc1ccc(OCc2cc(C=O)ccc2OCOC)cc1. The molecule has 0 unspecified atom stereocenters. The van der Waals surface area contributed by atoms with E-state index >= 15 is 0 Å². The minimum atomic E-state index is 0.135. The Morgan fingerprint density at radius 2 is 1.65 bits per heavy atom. The normalized spacial score (nSPS) is 10.2. The van der Waals surface area contributed by atoms with E-state index in [1.807, 2.05) is 31.2 Å². The summed E-state index contributed by atoms with van der Waals surface area (Å²) in [7, 11) is 1.55. The maximum Gasteiger partial charge on any atom is 0.188 e. The summed E-state index contributed by atoms with van der Waals surface area (Å²) in [6, 6.07) is 12.5. The molecule has 0 spiro atoms. The molecule has 0 aromatic heterocycles. The van der Waals surface area contributed by atoms with Gasteiger partial charge in [0, 0.05) is 18.2 Å². The third kappa shape index (κ3) is 5.00. The molecule has 5 nitrogen and oxygen atoms in total. The highest BCUT2D eigenvalue weighted by Gasteiger charge is 2.07. The van der Waals surface area contributed by atoms with Gasteiger partial charge >= 0.3 is 0 Å². The molecule has 0 amide bonds. The van der Waals surface area contributed by atoms with Gasteiger partial charge in [0.25, 0.3) is 0 Å². The Bertz CT molecular complexity index is 622. The molecule has 2 rings (SSSR count). The van der Waals surface area contributed by atoms with E-state index in [1.165, 1.54) is 0 Å². The van der Waals surface area contributed by atoms with Crippen LogP contribution in [-0.2, 0) is 11.3 Å². The van der Waals surface area contributed by atoms with Gasteiger partial charge < -0.3 is 18.9 Å². The van der Waals surface area contributed by atoms with Crippen LogP contribution in [0.5, 0.6) is 17.2 Å². The van der Waals surface area contributed by atoms with Gasteiger partial charge in [0.15, 0.2) is 6.79 Å². The van der Waals surface area contributed by atoms with E-state index in [2.05, 4.69) is 0 Å². The van der Waals surface area contributed by atoms with Crippen LogP contribution in [-0.4, -0.2) is 26.8 Å². The number of ether oxygens (including phenoxy) is 4. The molecule has 0 atom stereocenters. The second-order valence-corrected chi connectivity index (χ2v) is 4.73. The molecule has 0 fully saturated rings. The summed E-state index contributed by atoms with van der Waals surface area (Å²) in [5.74, 6) is 2.14. The van der Waals surface area contributed by atoms with Gasteiger partial charge in [-0.3, -0.25) is 4.79 Å². The van der Waals surface area contributed by atoms with Crippen LogP contribution in [0.2, 0.25) is 0 Å². The molecule has 2 aromatic rings. The summed E-state index contributed by atoms with van der Waals surface area (Å²) in [6.45, 7) is 2.98. The van der Waals surface area contributed by atoms with Crippen LogP contribution in [0.15, 0.2) is 42.5 Å². The fraction of sp³-hybridized carbons (Fsp3) is 0.278. The molecule has 0 aliphatic heterocycles. The lowest BCUT2D eigenvalue weighted by molar-refractivity contribution is 0.0497. The topological polar surface area (TPSA) is 54.0 Å². The standard InChI is InChI=1S/C18H20O5/c1-3-21-16-5-7-17(8-6-16)22-12-15-10-14(11-19)4-9-18(15)23-13-20-2/h4-11H,3,12-13H2,1-2H3. The third-order valence-corrected chi connectivity index (χ3v) is 3.08. The Morgan fingerprint density at radius 1 is 0.957 bits per heavy atom. The molecule has 122 valence electrons. The van der Waals surface area contributed by atoms with Crippen molar-refractivity contribution in [2.75, 3.05) is 20.5 Å². The van der Waals surface area contributed by atoms with Crippen LogP contribution in [0, 0.1) is 0 Å². The predicted octanol–water partition coefficient (Wildman–Crippen LogP) is 3.46. The number of carbonyl (C=O) groups is 1. The molecular formula is C18H20O5. The molecule has 0 saturated carbocycles. The van der Waals surface area contributed by atoms with Crippen molar-refractivity contribution >= 4 is 6.29 Å². The molecule has 23 heavy (non-hydrogen) atoms. The zero-order valence-electron chi connectivity index (χ0n) is 13.3. The molecule has 0 aliphatic rings. The van der Waals surface area contributed by atoms with E-state index in [0.717, 1.165) is 17.6 Å². The lowest BCUT2D eigenvalue weighted by atomic mass is 10.1. The average molecular weight is 316 g/mol. The van der Waals surface area contributed by atoms with Gasteiger partial charge in [-0.25, -0.2) is 0 Å². The van der Waals surface area contributed by atoms with Crippen molar-refractivity contribution in [2.45, 2.75) is 13.5 Å². The average Bonchev–Trinajstić information content (AvgIpc) is 2.60. The fourth-order valence-corrected chi connectivity index (χ4v) is 2.01. The molecule has 0 saturated heterocycles. The van der Waals surface area contributed by atoms with E-state index < -0.39 is 0 Å². The minimum absolute atomic E-state index is 0.135. The van der Waals surface area contributed by atoms with Crippen molar-refractivity contribution in [3.63, 3.8) is 0 Å². The first-order chi connectivity index (χ1) is 11.3. The van der Waals surface area contributed by atoms with Crippen LogP contribution in [0.1, 0.15) is 22.8 Å². The number of hydrogen-bond donors (Lipinski definition) is 0. The van der Waals surface area contributed by atoms with Crippen LogP contribution in [0.3, 0.4) is 0 Å². The van der Waals surface area contributed by atoms with Gasteiger partial charge in [-0.1, -0.05) is 0 Å². The van der Waals surface area contributed by atoms with Crippen LogP contribution in [0.4, 0.5) is 0 Å². The molecule has 0 N–H and O–H groups in total. The molecule has 0 heterocycles. The van der Waals surface area contributed by atoms with E-state index in [4.69, 9.17) is 18.9 Å². The quantitative estimate of drug-likeness (QED) is 0.524. The molecule has 0 aliphatic carbocycles. The first-order valence-corrected chi connectivity index (χ1v) is 7.32. The zero-order valence-corrected chi connectivity index (χ0v) is 13.3. The van der Waals surface area contributed by atoms with Crippen molar-refractivity contribution in [1.82, 2.24) is 0 Å². The van der Waals surface area contributed by atoms with Crippen molar-refractivity contribution in [3.05, 3.63) is 53.6 Å². The summed E-state index contributed by atoms with van der Waals surface area (Å²) >= 11 is 0. The number of aldehydes is 1. The maximum absolute atomic E-state index is 10.9. The Hall–Kier alpha value is -2.53. The zero-order chi connectivity index (χ0) is 16.5. The monoisotopic (exact) mass is 316 g/mol. The first-order valence-electron chi connectivity index (χ1n) is 7.32. The van der Waals surface area contributed by atoms with Crippen molar-refractivity contribution in [1.29, 1.82) is 0 Å². The lowest BCUT2D eigenvalue weighted by Gasteiger charge is -2.13. The summed E-state index contributed by atoms with van der Waals surface area (Å²) < 4.78 is 21.5. The highest BCUT2D eigenvalue weighted by molar-refractivity contribution is 5.75. The summed E-state index contributed by atoms with van der Waals surface area (Å²) in [5.41, 5.74) is 1.35. The smallest absolute Gasteiger partial charge is 0.188 e. The van der Waals surface area contributed by atoms with Gasteiger partial charge in [0.1, 0.15) is 30.1 Å². The van der Waals surface area contributed by atoms with E-state index in [-0.39, 0.29) is 13.4 Å². The van der Waals surface area contributed by atoms with Crippen molar-refractivity contribution in [2.24, 2.45) is 0 Å². The van der Waals surface area contributed by atoms with E-state index in [9.17, 15) is 4.79 Å². The molecular weight excluding hydrogens is 296 g/mol. The molecule has 0 bridgehead atoms. The fourth-order valence-electron chi connectivity index (χ4n) is 2.01. The van der Waals surface area contributed by atoms with E-state index in [1.54, 1.807) is 25.3 Å². The largest absolute Gasteiger partial charge is 0.494 e. The Labute approximate surface area is 135 Å². The summed E-state index contributed by atoms with van der Waals surface area (Å²) in [4.78, 5) is 10.9. The number of methoxy groups -OCH3 is 1. The van der Waals surface area contributed by atoms with E-state index in [0.29, 0.717) is 23.7 Å². The second-order valence-electron chi connectivity index (χ2n) is 4.73. The highest BCUT2D eigenvalue weighted by atomic mass is 16.7. The lowest BCUT2D eigenvalue weighted by Crippen LogP contribution is -2.04. The number of hydrogen-bond acceptors (Lipinski definition) is 5. The van der Waals surface area contributed by atoms with Crippen LogP contribution in [0.25, 0.3) is 0 Å². The van der Waals surface area contributed by atoms with Gasteiger partial charge in [0.2, 0.25) is 0 Å². The second kappa shape index (κ2) is 8.80.